The van der Waals surface area contributed by atoms with Crippen LogP contribution in [0.25, 0.3) is 0 Å². The molecule has 0 radical (unpaired) electrons. The average molecular weight is 375 g/mol. The molecular formula is C26H30O2. The maximum atomic E-state index is 5.71. The van der Waals surface area contributed by atoms with Crippen LogP contribution in [0.1, 0.15) is 63.5 Å². The van der Waals surface area contributed by atoms with Crippen LogP contribution in [0, 0.1) is 23.7 Å². The van der Waals surface area contributed by atoms with Crippen LogP contribution >= 0.6 is 0 Å². The number of benzene rings is 2. The Balaban J connectivity index is 1.80. The predicted molar refractivity (Wildman–Crippen MR) is 117 cm³/mol. The van der Waals surface area contributed by atoms with Crippen LogP contribution in [0.15, 0.2) is 48.5 Å². The average Bonchev–Trinajstić information content (AvgIpc) is 2.74. The quantitative estimate of drug-likeness (QED) is 0.363. The third kappa shape index (κ3) is 8.70. The van der Waals surface area contributed by atoms with Crippen molar-refractivity contribution in [3.05, 3.63) is 59.7 Å². The van der Waals surface area contributed by atoms with Gasteiger partial charge in [0.25, 0.3) is 0 Å². The molecule has 0 atom stereocenters. The Morgan fingerprint density at radius 2 is 0.964 bits per heavy atom. The number of hydrogen-bond donors (Lipinski definition) is 0. The highest BCUT2D eigenvalue weighted by Gasteiger charge is 1.95. The molecule has 0 spiro atoms. The molecule has 0 N–H and O–H groups in total. The summed E-state index contributed by atoms with van der Waals surface area (Å²) in [6.07, 6.45) is 7.01. The molecule has 2 aromatic rings. The van der Waals surface area contributed by atoms with Crippen LogP contribution in [0.3, 0.4) is 0 Å². The summed E-state index contributed by atoms with van der Waals surface area (Å²) in [7, 11) is 0. The number of unbranched alkanes of at least 4 members (excludes halogenated alkanes) is 4. The van der Waals surface area contributed by atoms with E-state index in [0.717, 1.165) is 48.7 Å². The summed E-state index contributed by atoms with van der Waals surface area (Å²) in [6.45, 7) is 5.92. The summed E-state index contributed by atoms with van der Waals surface area (Å²) in [4.78, 5) is 0. The van der Waals surface area contributed by atoms with Crippen molar-refractivity contribution >= 4 is 0 Å². The second-order valence-corrected chi connectivity index (χ2v) is 6.66. The molecule has 0 aliphatic carbocycles. The molecule has 0 amide bonds. The van der Waals surface area contributed by atoms with Crippen LogP contribution in [-0.2, 0) is 0 Å². The van der Waals surface area contributed by atoms with Gasteiger partial charge in [-0.15, -0.1) is 0 Å². The molecule has 0 aromatic heterocycles. The second kappa shape index (κ2) is 13.3. The van der Waals surface area contributed by atoms with Crippen molar-refractivity contribution in [2.45, 2.75) is 52.4 Å². The summed E-state index contributed by atoms with van der Waals surface area (Å²) >= 11 is 0. The first kappa shape index (κ1) is 21.5. The van der Waals surface area contributed by atoms with E-state index in [2.05, 4.69) is 37.5 Å². The number of hydrogen-bond acceptors (Lipinski definition) is 2. The third-order valence-electron chi connectivity index (χ3n) is 4.22. The molecule has 0 saturated heterocycles. The standard InChI is InChI=1S/C26H30O2/c1-3-5-9-21-27-25-17-13-23(14-18-25)11-7-8-12-24-15-19-26(20-16-24)28-22-10-6-4-2/h13-20H,3-6,9-10,21-22H2,1-2H3. The van der Waals surface area contributed by atoms with E-state index in [1.807, 2.05) is 48.5 Å². The lowest BCUT2D eigenvalue weighted by molar-refractivity contribution is 0.306. The molecule has 0 unspecified atom stereocenters. The van der Waals surface area contributed by atoms with Crippen LogP contribution in [0.5, 0.6) is 11.5 Å². The topological polar surface area (TPSA) is 18.5 Å². The Bertz CT molecular complexity index is 724. The van der Waals surface area contributed by atoms with Gasteiger partial charge in [0.15, 0.2) is 0 Å². The van der Waals surface area contributed by atoms with Crippen molar-refractivity contribution in [3.63, 3.8) is 0 Å². The summed E-state index contributed by atoms with van der Waals surface area (Å²) in [5, 5.41) is 0. The van der Waals surface area contributed by atoms with E-state index in [4.69, 9.17) is 9.47 Å². The Morgan fingerprint density at radius 1 is 0.571 bits per heavy atom. The maximum Gasteiger partial charge on any atom is 0.119 e. The van der Waals surface area contributed by atoms with Gasteiger partial charge in [0.05, 0.1) is 13.2 Å². The van der Waals surface area contributed by atoms with E-state index in [9.17, 15) is 0 Å². The predicted octanol–water partition coefficient (Wildman–Crippen LogP) is 6.23. The largest absolute Gasteiger partial charge is 0.494 e. The fourth-order valence-electron chi connectivity index (χ4n) is 2.56. The minimum atomic E-state index is 0.771. The monoisotopic (exact) mass is 374 g/mol. The van der Waals surface area contributed by atoms with Gasteiger partial charge in [-0.25, -0.2) is 0 Å². The van der Waals surface area contributed by atoms with Gasteiger partial charge in [-0.3, -0.25) is 0 Å². The minimum absolute atomic E-state index is 0.771. The molecule has 2 aromatic carbocycles. The van der Waals surface area contributed by atoms with Crippen LogP contribution < -0.4 is 9.47 Å². The highest BCUT2D eigenvalue weighted by molar-refractivity contribution is 5.46. The van der Waals surface area contributed by atoms with Crippen molar-refractivity contribution in [2.24, 2.45) is 0 Å². The van der Waals surface area contributed by atoms with Crippen molar-refractivity contribution in [2.75, 3.05) is 13.2 Å². The second-order valence-electron chi connectivity index (χ2n) is 6.66. The normalized spacial score (nSPS) is 9.64. The minimum Gasteiger partial charge on any atom is -0.494 e. The molecule has 2 rings (SSSR count). The maximum absolute atomic E-state index is 5.71. The van der Waals surface area contributed by atoms with E-state index in [1.165, 1.54) is 25.7 Å². The van der Waals surface area contributed by atoms with Crippen molar-refractivity contribution < 1.29 is 9.47 Å². The molecular weight excluding hydrogens is 344 g/mol. The molecule has 2 heteroatoms. The first-order valence-electron chi connectivity index (χ1n) is 10.3. The molecule has 0 fully saturated rings. The molecule has 28 heavy (non-hydrogen) atoms. The van der Waals surface area contributed by atoms with E-state index < -0.39 is 0 Å². The highest BCUT2D eigenvalue weighted by Crippen LogP contribution is 2.13. The SMILES string of the molecule is CCCCCOc1ccc(C#CC#Cc2ccc(OCCCCC)cc2)cc1. The summed E-state index contributed by atoms with van der Waals surface area (Å²) in [5.74, 6) is 13.7. The zero-order valence-electron chi connectivity index (χ0n) is 17.1. The van der Waals surface area contributed by atoms with Gasteiger partial charge in [0, 0.05) is 11.1 Å². The molecule has 0 aliphatic heterocycles. The van der Waals surface area contributed by atoms with E-state index in [1.54, 1.807) is 0 Å². The van der Waals surface area contributed by atoms with Crippen molar-refractivity contribution in [3.8, 4) is 35.2 Å². The lowest BCUT2D eigenvalue weighted by atomic mass is 10.2. The highest BCUT2D eigenvalue weighted by atomic mass is 16.5. The third-order valence-corrected chi connectivity index (χ3v) is 4.22. The van der Waals surface area contributed by atoms with Gasteiger partial charge in [-0.05, 0) is 73.2 Å². The zero-order chi connectivity index (χ0) is 19.9. The lowest BCUT2D eigenvalue weighted by Gasteiger charge is -2.05. The summed E-state index contributed by atoms with van der Waals surface area (Å²) < 4.78 is 11.4. The van der Waals surface area contributed by atoms with E-state index >= 15 is 0 Å². The Labute approximate surface area is 170 Å². The first-order chi connectivity index (χ1) is 13.8. The van der Waals surface area contributed by atoms with E-state index in [-0.39, 0.29) is 0 Å². The molecule has 0 saturated carbocycles. The molecule has 0 bridgehead atoms. The zero-order valence-corrected chi connectivity index (χ0v) is 17.1. The Hall–Kier alpha value is -2.84. The van der Waals surface area contributed by atoms with Gasteiger partial charge in [-0.2, -0.15) is 0 Å². The summed E-state index contributed by atoms with van der Waals surface area (Å²) in [6, 6.07) is 15.7. The van der Waals surface area contributed by atoms with Gasteiger partial charge < -0.3 is 9.47 Å². The van der Waals surface area contributed by atoms with E-state index in [0.29, 0.717) is 0 Å². The van der Waals surface area contributed by atoms with Crippen LogP contribution in [0.2, 0.25) is 0 Å². The van der Waals surface area contributed by atoms with Gasteiger partial charge >= 0.3 is 0 Å². The molecule has 146 valence electrons. The smallest absolute Gasteiger partial charge is 0.119 e. The summed E-state index contributed by atoms with van der Waals surface area (Å²) in [5.41, 5.74) is 1.87. The Kier molecular flexibility index (Phi) is 10.2. The van der Waals surface area contributed by atoms with Crippen LogP contribution in [0.4, 0.5) is 0 Å². The molecule has 0 aliphatic rings. The van der Waals surface area contributed by atoms with Crippen LogP contribution in [-0.4, -0.2) is 13.2 Å². The van der Waals surface area contributed by atoms with Gasteiger partial charge in [0.2, 0.25) is 0 Å². The van der Waals surface area contributed by atoms with Crippen molar-refractivity contribution in [1.29, 1.82) is 0 Å². The fraction of sp³-hybridized carbons (Fsp3) is 0.385. The molecule has 2 nitrogen and oxygen atoms in total. The van der Waals surface area contributed by atoms with Crippen molar-refractivity contribution in [1.82, 2.24) is 0 Å². The molecule has 0 heterocycles. The fourth-order valence-corrected chi connectivity index (χ4v) is 2.56. The van der Waals surface area contributed by atoms with Gasteiger partial charge in [0.1, 0.15) is 11.5 Å². The van der Waals surface area contributed by atoms with Gasteiger partial charge in [-0.1, -0.05) is 51.4 Å². The first-order valence-corrected chi connectivity index (χ1v) is 10.3. The number of ether oxygens (including phenoxy) is 2. The number of rotatable bonds is 10. The Morgan fingerprint density at radius 3 is 1.32 bits per heavy atom. The lowest BCUT2D eigenvalue weighted by Crippen LogP contribution is -1.96.